The van der Waals surface area contributed by atoms with Crippen molar-refractivity contribution in [2.45, 2.75) is 148 Å². The lowest BCUT2D eigenvalue weighted by molar-refractivity contribution is -0.309. The Morgan fingerprint density at radius 2 is 1.54 bits per heavy atom. The van der Waals surface area contributed by atoms with E-state index >= 15 is 0 Å². The molecule has 0 saturated carbocycles. The Labute approximate surface area is 238 Å². The van der Waals surface area contributed by atoms with Crippen molar-refractivity contribution in [1.82, 2.24) is 0 Å². The predicted molar refractivity (Wildman–Crippen MR) is 156 cm³/mol. The number of fused-ring (bicyclic) bond motifs is 2. The molecular weight excluding hydrogens is 512 g/mol. The number of aliphatic hydroxyl groups excluding tert-OH is 2. The van der Waals surface area contributed by atoms with Gasteiger partial charge in [-0.15, -0.1) is 0 Å². The molecule has 4 unspecified atom stereocenters. The standard InChI is InChI=1S/C31H56O7Si/c1-17(2)39(18(3)4,19(5)6)35-16-24-12-13-25(36-30(24)34)20(7)27(32)22(9)28(33)23(10)29-21(8)26-14-15-31(11,37-26)38-29/h12,17-23,25-29,32-33H,13-16H2,1-11H3/t20-,21?,22+,23+,25+,26?,27-,28+,29?,31?/m0/s1. The van der Waals surface area contributed by atoms with E-state index < -0.39 is 38.3 Å². The highest BCUT2D eigenvalue weighted by Gasteiger charge is 2.52. The summed E-state index contributed by atoms with van der Waals surface area (Å²) < 4.78 is 24.9. The first-order valence-corrected chi connectivity index (χ1v) is 17.4. The van der Waals surface area contributed by atoms with Crippen LogP contribution in [0, 0.1) is 23.7 Å². The summed E-state index contributed by atoms with van der Waals surface area (Å²) in [6.45, 7) is 23.5. The van der Waals surface area contributed by atoms with Gasteiger partial charge in [-0.2, -0.15) is 0 Å². The molecule has 0 aromatic carbocycles. The van der Waals surface area contributed by atoms with Gasteiger partial charge in [0.25, 0.3) is 0 Å². The summed E-state index contributed by atoms with van der Waals surface area (Å²) in [7, 11) is -2.10. The molecule has 2 N–H and O–H groups in total. The van der Waals surface area contributed by atoms with Crippen LogP contribution >= 0.6 is 0 Å². The summed E-state index contributed by atoms with van der Waals surface area (Å²) in [5, 5.41) is 22.6. The van der Waals surface area contributed by atoms with Gasteiger partial charge in [0.15, 0.2) is 5.79 Å². The van der Waals surface area contributed by atoms with Crippen LogP contribution in [0.4, 0.5) is 0 Å². The minimum atomic E-state index is -2.10. The minimum absolute atomic E-state index is 0.142. The molecule has 0 radical (unpaired) electrons. The molecule has 3 heterocycles. The highest BCUT2D eigenvalue weighted by Crippen LogP contribution is 2.46. The molecule has 0 spiro atoms. The van der Waals surface area contributed by atoms with Gasteiger partial charge in [-0.25, -0.2) is 4.79 Å². The van der Waals surface area contributed by atoms with Crippen LogP contribution in [0.5, 0.6) is 0 Å². The molecule has 39 heavy (non-hydrogen) atoms. The molecule has 7 nitrogen and oxygen atoms in total. The van der Waals surface area contributed by atoms with Crippen molar-refractivity contribution in [2.24, 2.45) is 23.7 Å². The number of carbonyl (C=O) groups excluding carboxylic acids is 1. The van der Waals surface area contributed by atoms with E-state index in [-0.39, 0.29) is 42.5 Å². The van der Waals surface area contributed by atoms with E-state index in [1.807, 2.05) is 33.8 Å². The van der Waals surface area contributed by atoms with Gasteiger partial charge in [0.05, 0.1) is 36.6 Å². The number of hydrogen-bond donors (Lipinski definition) is 2. The van der Waals surface area contributed by atoms with Gasteiger partial charge in [0, 0.05) is 36.5 Å². The SMILES string of the molecule is CC1C2CCC(C)(O2)OC1[C@H](C)[C@H](O)[C@H](C)[C@@H](O)[C@@H](C)[C@H]1CC=C(CO[Si](C(C)C)(C(C)C)C(C)C)C(=O)O1. The van der Waals surface area contributed by atoms with Gasteiger partial charge in [0.2, 0.25) is 8.32 Å². The lowest BCUT2D eigenvalue weighted by Gasteiger charge is -2.45. The average Bonchev–Trinajstić information content (AvgIpc) is 3.21. The normalized spacial score (nSPS) is 33.6. The summed E-state index contributed by atoms with van der Waals surface area (Å²) in [4.78, 5) is 13.0. The average molecular weight is 569 g/mol. The summed E-state index contributed by atoms with van der Waals surface area (Å²) in [6.07, 6.45) is 2.23. The summed E-state index contributed by atoms with van der Waals surface area (Å²) in [5.74, 6) is -1.70. The molecule has 2 fully saturated rings. The Bertz CT molecular complexity index is 851. The van der Waals surface area contributed by atoms with Crippen LogP contribution in [-0.4, -0.2) is 67.4 Å². The molecule has 2 saturated heterocycles. The number of aliphatic hydroxyl groups is 2. The zero-order valence-corrected chi connectivity index (χ0v) is 27.3. The Balaban J connectivity index is 1.61. The molecule has 3 rings (SSSR count). The molecule has 0 aliphatic carbocycles. The number of rotatable bonds is 12. The maximum Gasteiger partial charge on any atom is 0.336 e. The minimum Gasteiger partial charge on any atom is -0.458 e. The van der Waals surface area contributed by atoms with Crippen LogP contribution in [0.1, 0.15) is 95.4 Å². The zero-order valence-electron chi connectivity index (χ0n) is 26.3. The molecule has 0 aromatic heterocycles. The number of carbonyl (C=O) groups is 1. The van der Waals surface area contributed by atoms with Gasteiger partial charge < -0.3 is 28.8 Å². The maximum absolute atomic E-state index is 13.0. The third kappa shape index (κ3) is 6.51. The van der Waals surface area contributed by atoms with E-state index in [4.69, 9.17) is 18.6 Å². The van der Waals surface area contributed by atoms with Crippen molar-refractivity contribution in [1.29, 1.82) is 0 Å². The fourth-order valence-electron chi connectivity index (χ4n) is 7.81. The van der Waals surface area contributed by atoms with E-state index in [2.05, 4.69) is 48.5 Å². The smallest absolute Gasteiger partial charge is 0.336 e. The first-order chi connectivity index (χ1) is 18.1. The second kappa shape index (κ2) is 12.6. The molecule has 10 atom stereocenters. The van der Waals surface area contributed by atoms with Crippen molar-refractivity contribution >= 4 is 14.3 Å². The van der Waals surface area contributed by atoms with Crippen molar-refractivity contribution in [3.05, 3.63) is 11.6 Å². The summed E-state index contributed by atoms with van der Waals surface area (Å²) >= 11 is 0. The molecule has 3 aliphatic rings. The van der Waals surface area contributed by atoms with Crippen LogP contribution in [0.15, 0.2) is 11.6 Å². The third-order valence-electron chi connectivity index (χ3n) is 10.3. The molecular formula is C31H56O7Si. The lowest BCUT2D eigenvalue weighted by Crippen LogP contribution is -2.52. The van der Waals surface area contributed by atoms with Crippen molar-refractivity contribution in [3.63, 3.8) is 0 Å². The molecule has 2 bridgehead atoms. The topological polar surface area (TPSA) is 94.5 Å². The van der Waals surface area contributed by atoms with Crippen LogP contribution in [-0.2, 0) is 23.4 Å². The van der Waals surface area contributed by atoms with Gasteiger partial charge in [-0.05, 0) is 30.0 Å². The Hall–Kier alpha value is -0.773. The van der Waals surface area contributed by atoms with Crippen LogP contribution in [0.2, 0.25) is 16.6 Å². The summed E-state index contributed by atoms with van der Waals surface area (Å²) in [5.41, 5.74) is 1.87. The molecule has 226 valence electrons. The summed E-state index contributed by atoms with van der Waals surface area (Å²) in [6, 6.07) is 0. The highest BCUT2D eigenvalue weighted by atomic mass is 28.4. The van der Waals surface area contributed by atoms with Gasteiger partial charge in [-0.1, -0.05) is 75.3 Å². The van der Waals surface area contributed by atoms with E-state index in [1.54, 1.807) is 0 Å². The highest BCUT2D eigenvalue weighted by molar-refractivity contribution is 6.77. The van der Waals surface area contributed by atoms with Gasteiger partial charge in [-0.3, -0.25) is 0 Å². The van der Waals surface area contributed by atoms with Crippen molar-refractivity contribution < 1.29 is 33.6 Å². The molecule has 0 amide bonds. The predicted octanol–water partition coefficient (Wildman–Crippen LogP) is 5.98. The number of hydrogen-bond acceptors (Lipinski definition) is 7. The number of esters is 1. The van der Waals surface area contributed by atoms with Crippen LogP contribution in [0.3, 0.4) is 0 Å². The van der Waals surface area contributed by atoms with E-state index in [9.17, 15) is 15.0 Å². The second-order valence-electron chi connectivity index (χ2n) is 13.8. The first kappa shape index (κ1) is 32.7. The Morgan fingerprint density at radius 1 is 0.974 bits per heavy atom. The van der Waals surface area contributed by atoms with E-state index in [0.29, 0.717) is 28.6 Å². The Morgan fingerprint density at radius 3 is 2.08 bits per heavy atom. The quantitative estimate of drug-likeness (QED) is 0.221. The zero-order chi connectivity index (χ0) is 29.4. The molecule has 0 aromatic rings. The second-order valence-corrected chi connectivity index (χ2v) is 19.3. The number of cyclic esters (lactones) is 1. The fraction of sp³-hybridized carbons (Fsp3) is 0.903. The first-order valence-electron chi connectivity index (χ1n) is 15.3. The molecule has 8 heteroatoms. The fourth-order valence-corrected chi connectivity index (χ4v) is 13.2. The van der Waals surface area contributed by atoms with Crippen molar-refractivity contribution in [2.75, 3.05) is 6.61 Å². The maximum atomic E-state index is 13.0. The van der Waals surface area contributed by atoms with Crippen LogP contribution < -0.4 is 0 Å². The van der Waals surface area contributed by atoms with E-state index in [1.165, 1.54) is 0 Å². The number of ether oxygens (including phenoxy) is 3. The lowest BCUT2D eigenvalue weighted by atomic mass is 9.77. The van der Waals surface area contributed by atoms with Crippen LogP contribution in [0.25, 0.3) is 0 Å². The molecule has 3 aliphatic heterocycles. The van der Waals surface area contributed by atoms with Gasteiger partial charge in [0.1, 0.15) is 6.10 Å². The van der Waals surface area contributed by atoms with E-state index in [0.717, 1.165) is 12.8 Å². The largest absolute Gasteiger partial charge is 0.458 e. The van der Waals surface area contributed by atoms with Crippen molar-refractivity contribution in [3.8, 4) is 0 Å². The van der Waals surface area contributed by atoms with Gasteiger partial charge >= 0.3 is 5.97 Å². The third-order valence-corrected chi connectivity index (χ3v) is 16.4. The monoisotopic (exact) mass is 568 g/mol. The Kier molecular flexibility index (Phi) is 10.6.